The van der Waals surface area contributed by atoms with Crippen molar-refractivity contribution in [3.05, 3.63) is 23.2 Å². The van der Waals surface area contributed by atoms with Crippen LogP contribution in [0.3, 0.4) is 0 Å². The Bertz CT molecular complexity index is 662. The number of piperidine rings is 1. The maximum Gasteiger partial charge on any atom is 0.410 e. The summed E-state index contributed by atoms with van der Waals surface area (Å²) < 4.78 is 5.44. The van der Waals surface area contributed by atoms with E-state index in [1.165, 1.54) is 12.4 Å². The third kappa shape index (κ3) is 4.63. The van der Waals surface area contributed by atoms with Gasteiger partial charge in [-0.25, -0.2) is 14.8 Å². The zero-order valence-electron chi connectivity index (χ0n) is 15.4. The van der Waals surface area contributed by atoms with Crippen LogP contribution >= 0.6 is 11.6 Å². The van der Waals surface area contributed by atoms with E-state index in [1.807, 2.05) is 25.7 Å². The molecular formula is C18H25ClN4O3. The fourth-order valence-corrected chi connectivity index (χ4v) is 3.29. The molecule has 1 aliphatic carbocycles. The highest BCUT2D eigenvalue weighted by molar-refractivity contribution is 6.29. The van der Waals surface area contributed by atoms with Crippen LogP contribution in [-0.4, -0.2) is 62.5 Å². The monoisotopic (exact) mass is 380 g/mol. The van der Waals surface area contributed by atoms with Crippen LogP contribution in [0.25, 0.3) is 0 Å². The lowest BCUT2D eigenvalue weighted by atomic mass is 10.0. The largest absolute Gasteiger partial charge is 0.444 e. The van der Waals surface area contributed by atoms with Gasteiger partial charge in [-0.15, -0.1) is 0 Å². The molecule has 0 atom stereocenters. The molecule has 7 nitrogen and oxygen atoms in total. The highest BCUT2D eigenvalue weighted by atomic mass is 35.5. The van der Waals surface area contributed by atoms with Gasteiger partial charge in [0.1, 0.15) is 16.4 Å². The fraction of sp³-hybridized carbons (Fsp3) is 0.667. The van der Waals surface area contributed by atoms with Gasteiger partial charge >= 0.3 is 6.09 Å². The molecule has 0 bridgehead atoms. The average molecular weight is 381 g/mol. The van der Waals surface area contributed by atoms with Gasteiger partial charge in [-0.2, -0.15) is 0 Å². The van der Waals surface area contributed by atoms with Crippen molar-refractivity contribution in [2.75, 3.05) is 13.1 Å². The minimum absolute atomic E-state index is 0.103. The van der Waals surface area contributed by atoms with Gasteiger partial charge in [-0.3, -0.25) is 4.79 Å². The Kier molecular flexibility index (Phi) is 5.37. The Morgan fingerprint density at radius 2 is 1.73 bits per heavy atom. The van der Waals surface area contributed by atoms with Crippen molar-refractivity contribution in [2.45, 2.75) is 64.1 Å². The number of aromatic nitrogens is 2. The maximum absolute atomic E-state index is 12.9. The molecule has 0 radical (unpaired) electrons. The number of carbonyl (C=O) groups is 2. The zero-order chi connectivity index (χ0) is 18.9. The van der Waals surface area contributed by atoms with E-state index in [0.717, 1.165) is 25.7 Å². The number of ether oxygens (including phenoxy) is 1. The van der Waals surface area contributed by atoms with Crippen molar-refractivity contribution in [1.29, 1.82) is 0 Å². The number of carbonyl (C=O) groups excluding carboxylic acids is 2. The molecule has 0 N–H and O–H groups in total. The third-order valence-electron chi connectivity index (χ3n) is 4.52. The van der Waals surface area contributed by atoms with Crippen LogP contribution in [0.4, 0.5) is 4.79 Å². The van der Waals surface area contributed by atoms with Gasteiger partial charge < -0.3 is 14.5 Å². The third-order valence-corrected chi connectivity index (χ3v) is 4.72. The van der Waals surface area contributed by atoms with Gasteiger partial charge in [0.25, 0.3) is 5.91 Å². The Labute approximate surface area is 158 Å². The van der Waals surface area contributed by atoms with Crippen molar-refractivity contribution in [1.82, 2.24) is 19.8 Å². The molecule has 2 aliphatic rings. The highest BCUT2D eigenvalue weighted by Gasteiger charge is 2.40. The van der Waals surface area contributed by atoms with Crippen molar-refractivity contribution in [3.8, 4) is 0 Å². The minimum Gasteiger partial charge on any atom is -0.444 e. The molecule has 142 valence electrons. The van der Waals surface area contributed by atoms with Gasteiger partial charge in [-0.1, -0.05) is 11.6 Å². The molecule has 1 saturated carbocycles. The first kappa shape index (κ1) is 18.9. The highest BCUT2D eigenvalue weighted by Crippen LogP contribution is 2.33. The summed E-state index contributed by atoms with van der Waals surface area (Å²) in [6, 6.07) is 0.365. The summed E-state index contributed by atoms with van der Waals surface area (Å²) in [7, 11) is 0. The second-order valence-electron chi connectivity index (χ2n) is 7.87. The van der Waals surface area contributed by atoms with Gasteiger partial charge in [0, 0.05) is 25.2 Å². The van der Waals surface area contributed by atoms with E-state index in [4.69, 9.17) is 16.3 Å². The predicted octanol–water partition coefficient (Wildman–Crippen LogP) is 3.13. The molecule has 1 aliphatic heterocycles. The van der Waals surface area contributed by atoms with E-state index in [-0.39, 0.29) is 29.2 Å². The Morgan fingerprint density at radius 1 is 1.12 bits per heavy atom. The van der Waals surface area contributed by atoms with E-state index in [2.05, 4.69) is 9.97 Å². The molecule has 2 heterocycles. The fourth-order valence-electron chi connectivity index (χ4n) is 3.19. The molecule has 2 amide bonds. The topological polar surface area (TPSA) is 75.6 Å². The zero-order valence-corrected chi connectivity index (χ0v) is 16.2. The van der Waals surface area contributed by atoms with Crippen molar-refractivity contribution < 1.29 is 14.3 Å². The second kappa shape index (κ2) is 7.39. The Balaban J connectivity index is 1.63. The van der Waals surface area contributed by atoms with Crippen molar-refractivity contribution in [2.24, 2.45) is 0 Å². The number of nitrogens with zero attached hydrogens (tertiary/aromatic N) is 4. The molecule has 26 heavy (non-hydrogen) atoms. The molecule has 8 heteroatoms. The van der Waals surface area contributed by atoms with Crippen LogP contribution in [0.1, 0.15) is 56.9 Å². The van der Waals surface area contributed by atoms with Crippen LogP contribution < -0.4 is 0 Å². The van der Waals surface area contributed by atoms with E-state index in [1.54, 1.807) is 4.90 Å². The number of rotatable bonds is 3. The number of hydrogen-bond donors (Lipinski definition) is 0. The normalized spacial score (nSPS) is 18.5. The van der Waals surface area contributed by atoms with Crippen LogP contribution in [0.5, 0.6) is 0 Å². The van der Waals surface area contributed by atoms with Crippen molar-refractivity contribution >= 4 is 23.6 Å². The average Bonchev–Trinajstić information content (AvgIpc) is 3.39. The second-order valence-corrected chi connectivity index (χ2v) is 8.25. The molecule has 0 spiro atoms. The number of likely N-dealkylation sites (tertiary alicyclic amines) is 1. The van der Waals surface area contributed by atoms with Gasteiger partial charge in [0.05, 0.1) is 12.4 Å². The minimum atomic E-state index is -0.503. The Morgan fingerprint density at radius 3 is 2.23 bits per heavy atom. The molecule has 1 aromatic heterocycles. The molecule has 3 rings (SSSR count). The smallest absolute Gasteiger partial charge is 0.410 e. The quantitative estimate of drug-likeness (QED) is 0.805. The lowest BCUT2D eigenvalue weighted by Crippen LogP contribution is -2.50. The maximum atomic E-state index is 12.9. The first-order valence-corrected chi connectivity index (χ1v) is 9.40. The van der Waals surface area contributed by atoms with E-state index >= 15 is 0 Å². The Hall–Kier alpha value is -1.89. The summed E-state index contributed by atoms with van der Waals surface area (Å²) in [5, 5.41) is 0.269. The lowest BCUT2D eigenvalue weighted by Gasteiger charge is -2.39. The van der Waals surface area contributed by atoms with E-state index in [9.17, 15) is 9.59 Å². The number of halogens is 1. The summed E-state index contributed by atoms with van der Waals surface area (Å²) in [4.78, 5) is 36.9. The standard InChI is InChI=1S/C18H25ClN4O3/c1-18(2,3)26-17(25)22-8-6-13(7-9-22)23(12-4-5-12)16(24)14-10-21-15(19)11-20-14/h10-13H,4-9H2,1-3H3. The predicted molar refractivity (Wildman–Crippen MR) is 97.1 cm³/mol. The summed E-state index contributed by atoms with van der Waals surface area (Å²) in [5.74, 6) is -0.104. The van der Waals surface area contributed by atoms with E-state index < -0.39 is 5.60 Å². The molecule has 1 aromatic rings. The molecule has 1 saturated heterocycles. The summed E-state index contributed by atoms with van der Waals surface area (Å²) >= 11 is 5.76. The number of hydrogen-bond acceptors (Lipinski definition) is 5. The van der Waals surface area contributed by atoms with Crippen molar-refractivity contribution in [3.63, 3.8) is 0 Å². The SMILES string of the molecule is CC(C)(C)OC(=O)N1CCC(N(C(=O)c2cnc(Cl)cn2)C2CC2)CC1. The molecule has 0 aromatic carbocycles. The van der Waals surface area contributed by atoms with Gasteiger partial charge in [0.15, 0.2) is 0 Å². The summed E-state index contributed by atoms with van der Waals surface area (Å²) in [6.07, 6.45) is 6.04. The molecule has 0 unspecified atom stereocenters. The summed E-state index contributed by atoms with van der Waals surface area (Å²) in [6.45, 7) is 6.75. The summed E-state index contributed by atoms with van der Waals surface area (Å²) in [5.41, 5.74) is -0.187. The van der Waals surface area contributed by atoms with Crippen LogP contribution in [0.2, 0.25) is 5.15 Å². The first-order chi connectivity index (χ1) is 12.2. The van der Waals surface area contributed by atoms with Crippen LogP contribution in [0.15, 0.2) is 12.4 Å². The van der Waals surface area contributed by atoms with Gasteiger partial charge in [0.2, 0.25) is 0 Å². The van der Waals surface area contributed by atoms with Gasteiger partial charge in [-0.05, 0) is 46.5 Å². The van der Waals surface area contributed by atoms with E-state index in [0.29, 0.717) is 18.8 Å². The van der Waals surface area contributed by atoms with Crippen LogP contribution in [0, 0.1) is 0 Å². The molecular weight excluding hydrogens is 356 g/mol. The van der Waals surface area contributed by atoms with Crippen LogP contribution in [-0.2, 0) is 4.74 Å². The molecule has 2 fully saturated rings. The number of amides is 2. The first-order valence-electron chi connectivity index (χ1n) is 9.03. The lowest BCUT2D eigenvalue weighted by molar-refractivity contribution is 0.0141.